The van der Waals surface area contributed by atoms with Gasteiger partial charge in [-0.2, -0.15) is 0 Å². The van der Waals surface area contributed by atoms with Crippen LogP contribution in [0, 0.1) is 5.92 Å². The van der Waals surface area contributed by atoms with Gasteiger partial charge in [0, 0.05) is 37.4 Å². The zero-order valence-electron chi connectivity index (χ0n) is 46.2. The maximum atomic E-state index is 14.5. The van der Waals surface area contributed by atoms with Crippen molar-refractivity contribution in [3.8, 4) is 33.8 Å². The number of amides is 7. The Balaban J connectivity index is 1.18. The molecule has 16 N–H and O–H groups in total. The Kier molecular flexibility index (Phi) is 20.9. The van der Waals surface area contributed by atoms with Crippen molar-refractivity contribution in [2.75, 3.05) is 25.4 Å². The number of nitrogens with zero attached hydrogens (tertiary/aromatic N) is 2. The van der Waals surface area contributed by atoms with Crippen LogP contribution in [0.1, 0.15) is 81.8 Å². The van der Waals surface area contributed by atoms with Gasteiger partial charge < -0.3 is 92.8 Å². The van der Waals surface area contributed by atoms with Gasteiger partial charge in [-0.25, -0.2) is 0 Å². The fourth-order valence-electron chi connectivity index (χ4n) is 10.3. The normalized spacial score (nSPS) is 27.3. The topological polar surface area (TPSA) is 403 Å². The number of aliphatic hydroxyl groups excluding tert-OH is 8. The quantitative estimate of drug-likeness (QED) is 0.0394. The highest BCUT2D eigenvalue weighted by molar-refractivity contribution is 6.00. The van der Waals surface area contributed by atoms with Gasteiger partial charge in [-0.05, 0) is 84.5 Å². The minimum Gasteiger partial charge on any atom is -0.506 e. The van der Waals surface area contributed by atoms with E-state index in [-0.39, 0.29) is 23.4 Å². The molecule has 0 aromatic heterocycles. The van der Waals surface area contributed by atoms with E-state index in [9.17, 15) is 79.5 Å². The van der Waals surface area contributed by atoms with E-state index in [2.05, 4.69) is 33.5 Å². The number of anilines is 1. The lowest BCUT2D eigenvalue weighted by molar-refractivity contribution is -0.148. The van der Waals surface area contributed by atoms with Crippen LogP contribution in [-0.4, -0.2) is 196 Å². The minimum atomic E-state index is -2.35. The van der Waals surface area contributed by atoms with Crippen LogP contribution in [0.5, 0.6) is 11.5 Å². The number of carbonyl (C=O) groups is 7. The monoisotopic (exact) mass is 1150 g/mol. The minimum absolute atomic E-state index is 0.00430. The Morgan fingerprint density at radius 3 is 1.78 bits per heavy atom. The summed E-state index contributed by atoms with van der Waals surface area (Å²) in [6.07, 6.45) is -13.9. The van der Waals surface area contributed by atoms with Crippen LogP contribution in [0.4, 0.5) is 5.69 Å². The molecule has 3 aliphatic rings. The Bertz CT molecular complexity index is 2950. The standard InChI is InChI=1S/C58H74N8O17/c1-5-6-7-22-83-38-19-16-34(17-20-38)32-10-8-31(9-11-32)33-12-14-35(15-13-33)51(75)60-40-25-43(71)54(78)64-56(80)47-48(72)28(2)26-66(47)58(82)45(30(4)68)62-55(79)46(50(74)49(73)36-18-21-42(70)39(59)23-36)63-53(77)41-24-37(69)27-65(41)57(81)44(29(3)67)61-52(40)76/h8-21,23,28-30,37,40-41,43-50,54,67-74,78H,5-7,22,24-27,59H2,1-4H3,(H,60,75)(H,61,76)(H,62,79)(H,63,77)(H,64,80). The molecule has 83 heavy (non-hydrogen) atoms. The first-order chi connectivity index (χ1) is 39.4. The number of ether oxygens (including phenoxy) is 1. The third-order valence-electron chi connectivity index (χ3n) is 15.2. The SMILES string of the molecule is CCCCCOc1ccc(-c2ccc(-c3ccc(C(=O)NC4CC(O)C(O)NC(=O)C5C(O)C(C)CN5C(=O)C(C(C)O)NC(=O)C(C(O)C(O)c5ccc(O)c(N)c5)NC(=O)C5CC(O)CN5C(=O)C(C(C)O)NC4=O)cc3)cc2)cc1. The van der Waals surface area contributed by atoms with Gasteiger partial charge in [0.2, 0.25) is 35.4 Å². The average Bonchev–Trinajstić information content (AvgIpc) is 4.03. The molecular weight excluding hydrogens is 1080 g/mol. The van der Waals surface area contributed by atoms with Crippen LogP contribution in [0.25, 0.3) is 22.3 Å². The molecule has 0 aliphatic carbocycles. The number of nitrogens with one attached hydrogen (secondary N) is 5. The molecule has 4 aromatic carbocycles. The highest BCUT2D eigenvalue weighted by Gasteiger charge is 2.50. The number of nitrogen functional groups attached to an aromatic ring is 1. The number of phenols is 1. The van der Waals surface area contributed by atoms with Gasteiger partial charge in [0.25, 0.3) is 5.91 Å². The zero-order chi connectivity index (χ0) is 60.6. The number of phenolic OH excluding ortho intramolecular Hbond substituents is 1. The Morgan fingerprint density at radius 1 is 0.675 bits per heavy atom. The number of rotatable bonds is 14. The lowest BCUT2D eigenvalue weighted by atomic mass is 9.96. The first-order valence-electron chi connectivity index (χ1n) is 27.5. The van der Waals surface area contributed by atoms with Crippen LogP contribution in [-0.2, 0) is 28.8 Å². The van der Waals surface area contributed by atoms with Gasteiger partial charge in [0.1, 0.15) is 66.1 Å². The van der Waals surface area contributed by atoms with Gasteiger partial charge in [-0.15, -0.1) is 0 Å². The molecule has 15 atom stereocenters. The predicted octanol–water partition coefficient (Wildman–Crippen LogP) is -1.34. The number of benzene rings is 4. The number of aliphatic hydroxyl groups is 8. The smallest absolute Gasteiger partial charge is 0.251 e. The number of aromatic hydroxyl groups is 1. The third kappa shape index (κ3) is 14.9. The first-order valence-corrected chi connectivity index (χ1v) is 27.5. The summed E-state index contributed by atoms with van der Waals surface area (Å²) >= 11 is 0. The highest BCUT2D eigenvalue weighted by Crippen LogP contribution is 2.31. The molecule has 0 radical (unpaired) electrons. The van der Waals surface area contributed by atoms with Crippen molar-refractivity contribution in [2.45, 2.75) is 145 Å². The molecule has 0 bridgehead atoms. The molecule has 25 heteroatoms. The molecule has 15 unspecified atom stereocenters. The van der Waals surface area contributed by atoms with E-state index >= 15 is 0 Å². The van der Waals surface area contributed by atoms with Crippen LogP contribution < -0.4 is 37.1 Å². The van der Waals surface area contributed by atoms with E-state index in [0.717, 1.165) is 83.5 Å². The summed E-state index contributed by atoms with van der Waals surface area (Å²) in [6, 6.07) is 13.1. The highest BCUT2D eigenvalue weighted by atomic mass is 16.5. The maximum absolute atomic E-state index is 14.5. The number of carbonyl (C=O) groups excluding carboxylic acids is 7. The molecular formula is C58H74N8O17. The van der Waals surface area contributed by atoms with Crippen molar-refractivity contribution in [2.24, 2.45) is 5.92 Å². The largest absolute Gasteiger partial charge is 0.506 e. The van der Waals surface area contributed by atoms with Crippen molar-refractivity contribution in [1.29, 1.82) is 0 Å². The van der Waals surface area contributed by atoms with Crippen molar-refractivity contribution in [3.63, 3.8) is 0 Å². The molecule has 3 saturated heterocycles. The van der Waals surface area contributed by atoms with Crippen LogP contribution in [0.15, 0.2) is 91.0 Å². The lowest BCUT2D eigenvalue weighted by Gasteiger charge is -2.34. The van der Waals surface area contributed by atoms with E-state index in [0.29, 0.717) is 12.2 Å². The summed E-state index contributed by atoms with van der Waals surface area (Å²) in [5, 5.41) is 112. The number of fused-ring (bicyclic) bond motifs is 2. The van der Waals surface area contributed by atoms with Gasteiger partial charge in [0.15, 0.2) is 6.23 Å². The average molecular weight is 1160 g/mol. The van der Waals surface area contributed by atoms with Gasteiger partial charge in [-0.1, -0.05) is 81.3 Å². The van der Waals surface area contributed by atoms with E-state index in [1.165, 1.54) is 19.1 Å². The third-order valence-corrected chi connectivity index (χ3v) is 15.2. The molecule has 448 valence electrons. The van der Waals surface area contributed by atoms with Crippen molar-refractivity contribution < 1.29 is 84.3 Å². The Labute approximate surface area is 478 Å². The van der Waals surface area contributed by atoms with Crippen LogP contribution >= 0.6 is 0 Å². The summed E-state index contributed by atoms with van der Waals surface area (Å²) < 4.78 is 5.84. The van der Waals surface area contributed by atoms with Crippen LogP contribution in [0.3, 0.4) is 0 Å². The van der Waals surface area contributed by atoms with E-state index < -0.39 is 158 Å². The molecule has 3 aliphatic heterocycles. The zero-order valence-corrected chi connectivity index (χ0v) is 46.2. The van der Waals surface area contributed by atoms with Gasteiger partial charge >= 0.3 is 0 Å². The molecule has 3 fully saturated rings. The summed E-state index contributed by atoms with van der Waals surface area (Å²) in [6.45, 7) is 5.41. The summed E-state index contributed by atoms with van der Waals surface area (Å²) in [4.78, 5) is 102. The summed E-state index contributed by atoms with van der Waals surface area (Å²) in [5.41, 5.74) is 8.81. The Morgan fingerprint density at radius 2 is 1.22 bits per heavy atom. The second kappa shape index (κ2) is 27.6. The second-order valence-corrected chi connectivity index (χ2v) is 21.5. The van der Waals surface area contributed by atoms with Gasteiger partial charge in [0.05, 0.1) is 36.7 Å². The first kappa shape index (κ1) is 62.8. The summed E-state index contributed by atoms with van der Waals surface area (Å²) in [7, 11) is 0. The number of nitrogens with two attached hydrogens (primary N) is 1. The molecule has 25 nitrogen and oxygen atoms in total. The van der Waals surface area contributed by atoms with E-state index in [4.69, 9.17) is 10.5 Å². The van der Waals surface area contributed by atoms with E-state index in [1.807, 2.05) is 48.5 Å². The summed E-state index contributed by atoms with van der Waals surface area (Å²) in [5.74, 6) is -8.97. The fourth-order valence-corrected chi connectivity index (χ4v) is 10.3. The fraction of sp³-hybridized carbons (Fsp3) is 0.466. The van der Waals surface area contributed by atoms with Crippen LogP contribution in [0.2, 0.25) is 0 Å². The van der Waals surface area contributed by atoms with Crippen molar-refractivity contribution in [1.82, 2.24) is 36.4 Å². The molecule has 7 amide bonds. The van der Waals surface area contributed by atoms with E-state index in [1.54, 1.807) is 12.1 Å². The second-order valence-electron chi connectivity index (χ2n) is 21.5. The number of hydrogen-bond donors (Lipinski definition) is 15. The van der Waals surface area contributed by atoms with Gasteiger partial charge in [-0.3, -0.25) is 33.6 Å². The number of unbranched alkanes of at least 4 members (excludes halogenated alkanes) is 2. The predicted molar refractivity (Wildman–Crippen MR) is 298 cm³/mol. The maximum Gasteiger partial charge on any atom is 0.251 e. The van der Waals surface area contributed by atoms with Crippen molar-refractivity contribution >= 4 is 47.0 Å². The molecule has 0 spiro atoms. The number of hydrogen-bond acceptors (Lipinski definition) is 18. The molecule has 7 rings (SSSR count). The lowest BCUT2D eigenvalue weighted by Crippen LogP contribution is -2.64. The molecule has 0 saturated carbocycles. The molecule has 3 heterocycles. The van der Waals surface area contributed by atoms with Crippen molar-refractivity contribution in [3.05, 3.63) is 102 Å². The Hall–Kier alpha value is -7.75. The molecule has 4 aromatic rings.